The summed E-state index contributed by atoms with van der Waals surface area (Å²) in [6.45, 7) is 0.806. The topological polar surface area (TPSA) is 62.1 Å². The van der Waals surface area contributed by atoms with Crippen LogP contribution in [0, 0.1) is 0 Å². The van der Waals surface area contributed by atoms with Gasteiger partial charge in [-0.1, -0.05) is 60.7 Å². The Kier molecular flexibility index (Phi) is 6.04. The zero-order valence-corrected chi connectivity index (χ0v) is 19.6. The van der Waals surface area contributed by atoms with Crippen molar-refractivity contribution >= 4 is 27.0 Å². The number of fused-ring (bicyclic) bond motifs is 1. The molecule has 5 rings (SSSR count). The van der Waals surface area contributed by atoms with Crippen LogP contribution in [0.25, 0.3) is 22.3 Å². The van der Waals surface area contributed by atoms with Gasteiger partial charge in [0.1, 0.15) is 24.4 Å². The van der Waals surface area contributed by atoms with E-state index in [0.717, 1.165) is 32.2 Å². The molecule has 0 spiro atoms. The lowest BCUT2D eigenvalue weighted by molar-refractivity contribution is 0.268. The van der Waals surface area contributed by atoms with Crippen LogP contribution in [0.1, 0.15) is 11.1 Å². The summed E-state index contributed by atoms with van der Waals surface area (Å²) >= 11 is 3.49. The molecule has 0 saturated heterocycles. The zero-order valence-electron chi connectivity index (χ0n) is 18.0. The minimum absolute atomic E-state index is 0.382. The summed E-state index contributed by atoms with van der Waals surface area (Å²) in [6, 6.07) is 25.7. The van der Waals surface area contributed by atoms with E-state index in [4.69, 9.17) is 14.6 Å². The molecule has 0 amide bonds. The lowest BCUT2D eigenvalue weighted by Crippen LogP contribution is -2.03. The van der Waals surface area contributed by atoms with E-state index < -0.39 is 0 Å². The number of hydrogen-bond acceptors (Lipinski definition) is 5. The average Bonchev–Trinajstić information content (AvgIpc) is 3.18. The fraction of sp³-hybridized carbons (Fsp3) is 0.115. The Morgan fingerprint density at radius 1 is 0.848 bits per heavy atom. The smallest absolute Gasteiger partial charge is 0.226 e. The van der Waals surface area contributed by atoms with E-state index in [2.05, 4.69) is 25.9 Å². The van der Waals surface area contributed by atoms with Crippen molar-refractivity contribution in [2.75, 3.05) is 0 Å². The summed E-state index contributed by atoms with van der Waals surface area (Å²) in [4.78, 5) is 9.27. The van der Waals surface area contributed by atoms with Gasteiger partial charge in [-0.05, 0) is 39.2 Å². The summed E-state index contributed by atoms with van der Waals surface area (Å²) in [7, 11) is 1.90. The average molecular weight is 501 g/mol. The molecule has 0 aliphatic rings. The molecule has 33 heavy (non-hydrogen) atoms. The highest BCUT2D eigenvalue weighted by Gasteiger charge is 2.19. The Hall–Kier alpha value is -3.71. The number of aryl methyl sites for hydroxylation is 1. The highest BCUT2D eigenvalue weighted by molar-refractivity contribution is 9.10. The number of benzene rings is 2. The molecular weight excluding hydrogens is 480 g/mol. The number of aromatic nitrogens is 4. The summed E-state index contributed by atoms with van der Waals surface area (Å²) in [5.74, 6) is 0.940. The number of rotatable bonds is 7. The molecule has 0 fully saturated rings. The summed E-state index contributed by atoms with van der Waals surface area (Å²) in [6.07, 6.45) is 1.77. The number of hydrogen-bond donors (Lipinski definition) is 0. The van der Waals surface area contributed by atoms with Crippen molar-refractivity contribution in [2.24, 2.45) is 7.05 Å². The number of pyridine rings is 2. The number of ether oxygens (including phenoxy) is 2. The molecule has 5 aromatic rings. The largest absolute Gasteiger partial charge is 0.473 e. The molecule has 2 aromatic carbocycles. The van der Waals surface area contributed by atoms with Crippen molar-refractivity contribution in [1.82, 2.24) is 19.7 Å². The van der Waals surface area contributed by atoms with E-state index >= 15 is 0 Å². The quantitative estimate of drug-likeness (QED) is 0.276. The third-order valence-electron chi connectivity index (χ3n) is 5.19. The van der Waals surface area contributed by atoms with Crippen LogP contribution in [0.15, 0.2) is 89.5 Å². The first-order valence-corrected chi connectivity index (χ1v) is 11.3. The van der Waals surface area contributed by atoms with Crippen LogP contribution in [0.2, 0.25) is 0 Å². The first-order valence-electron chi connectivity index (χ1n) is 10.5. The van der Waals surface area contributed by atoms with Crippen molar-refractivity contribution < 1.29 is 9.47 Å². The molecule has 0 radical (unpaired) electrons. The van der Waals surface area contributed by atoms with Gasteiger partial charge in [-0.25, -0.2) is 0 Å². The van der Waals surface area contributed by atoms with E-state index in [-0.39, 0.29) is 0 Å². The highest BCUT2D eigenvalue weighted by atomic mass is 79.9. The third kappa shape index (κ3) is 4.73. The van der Waals surface area contributed by atoms with Crippen LogP contribution >= 0.6 is 15.9 Å². The van der Waals surface area contributed by atoms with Crippen LogP contribution in [0.4, 0.5) is 0 Å². The maximum Gasteiger partial charge on any atom is 0.226 e. The predicted molar refractivity (Wildman–Crippen MR) is 131 cm³/mol. The fourth-order valence-electron chi connectivity index (χ4n) is 3.54. The second kappa shape index (κ2) is 9.42. The van der Waals surface area contributed by atoms with Gasteiger partial charge in [-0.2, -0.15) is 10.1 Å². The minimum atomic E-state index is 0.382. The van der Waals surface area contributed by atoms with Gasteiger partial charge in [0, 0.05) is 23.8 Å². The SMILES string of the molecule is Cn1nc(-c2ccc(OCc3ccccc3)nc2OCc2ccccc2)c2ncc(Br)cc21. The molecular formula is C26H21BrN4O2. The highest BCUT2D eigenvalue weighted by Crippen LogP contribution is 2.35. The van der Waals surface area contributed by atoms with Crippen molar-refractivity contribution in [3.8, 4) is 23.0 Å². The van der Waals surface area contributed by atoms with Crippen LogP contribution in [-0.2, 0) is 20.3 Å². The molecule has 3 heterocycles. The molecule has 0 unspecified atom stereocenters. The first-order chi connectivity index (χ1) is 16.2. The van der Waals surface area contributed by atoms with E-state index in [1.807, 2.05) is 90.6 Å². The Balaban J connectivity index is 1.51. The second-order valence-corrected chi connectivity index (χ2v) is 8.46. The predicted octanol–water partition coefficient (Wildman–Crippen LogP) is 5.95. The minimum Gasteiger partial charge on any atom is -0.473 e. The van der Waals surface area contributed by atoms with Crippen LogP contribution < -0.4 is 9.47 Å². The molecule has 164 valence electrons. The Labute approximate surface area is 200 Å². The Bertz CT molecular complexity index is 1390. The molecule has 0 saturated carbocycles. The van der Waals surface area contributed by atoms with Gasteiger partial charge in [0.05, 0.1) is 11.1 Å². The van der Waals surface area contributed by atoms with Crippen LogP contribution in [-0.4, -0.2) is 19.7 Å². The molecule has 3 aromatic heterocycles. The molecule has 7 heteroatoms. The molecule has 0 N–H and O–H groups in total. The normalized spacial score (nSPS) is 11.0. The van der Waals surface area contributed by atoms with E-state index in [9.17, 15) is 0 Å². The summed E-state index contributed by atoms with van der Waals surface area (Å²) in [5.41, 5.74) is 5.29. The molecule has 6 nitrogen and oxygen atoms in total. The van der Waals surface area contributed by atoms with Gasteiger partial charge < -0.3 is 9.47 Å². The van der Waals surface area contributed by atoms with Gasteiger partial charge >= 0.3 is 0 Å². The van der Waals surface area contributed by atoms with Gasteiger partial charge in [0.15, 0.2) is 0 Å². The lowest BCUT2D eigenvalue weighted by atomic mass is 10.1. The monoisotopic (exact) mass is 500 g/mol. The molecule has 0 aliphatic heterocycles. The van der Waals surface area contributed by atoms with Gasteiger partial charge in [-0.15, -0.1) is 0 Å². The van der Waals surface area contributed by atoms with Gasteiger partial charge in [0.25, 0.3) is 0 Å². The molecule has 0 bridgehead atoms. The van der Waals surface area contributed by atoms with Crippen molar-refractivity contribution in [2.45, 2.75) is 13.2 Å². The van der Waals surface area contributed by atoms with E-state index in [0.29, 0.717) is 30.7 Å². The summed E-state index contributed by atoms with van der Waals surface area (Å²) < 4.78 is 14.8. The van der Waals surface area contributed by atoms with Crippen molar-refractivity contribution in [1.29, 1.82) is 0 Å². The number of nitrogens with zero attached hydrogens (tertiary/aromatic N) is 4. The standard InChI is InChI=1S/C26H21BrN4O2/c1-31-22-14-20(27)15-28-25(22)24(30-31)21-12-13-23(32-16-18-8-4-2-5-9-18)29-26(21)33-17-19-10-6-3-7-11-19/h2-15H,16-17H2,1H3. The molecule has 0 aliphatic carbocycles. The Morgan fingerprint density at radius 2 is 1.52 bits per heavy atom. The zero-order chi connectivity index (χ0) is 22.6. The lowest BCUT2D eigenvalue weighted by Gasteiger charge is -2.12. The molecule has 0 atom stereocenters. The van der Waals surface area contributed by atoms with Gasteiger partial charge in [-0.3, -0.25) is 9.67 Å². The second-order valence-electron chi connectivity index (χ2n) is 7.54. The number of halogens is 1. The van der Waals surface area contributed by atoms with E-state index in [1.165, 1.54) is 0 Å². The summed E-state index contributed by atoms with van der Waals surface area (Å²) in [5, 5.41) is 4.71. The maximum atomic E-state index is 6.17. The first kappa shape index (κ1) is 21.2. The van der Waals surface area contributed by atoms with Crippen molar-refractivity contribution in [3.63, 3.8) is 0 Å². The van der Waals surface area contributed by atoms with Crippen LogP contribution in [0.5, 0.6) is 11.8 Å². The maximum absolute atomic E-state index is 6.17. The van der Waals surface area contributed by atoms with Crippen molar-refractivity contribution in [3.05, 3.63) is 101 Å². The fourth-order valence-corrected chi connectivity index (χ4v) is 3.86. The Morgan fingerprint density at radius 3 is 2.21 bits per heavy atom. The third-order valence-corrected chi connectivity index (χ3v) is 5.63. The van der Waals surface area contributed by atoms with E-state index in [1.54, 1.807) is 6.20 Å². The van der Waals surface area contributed by atoms with Crippen LogP contribution in [0.3, 0.4) is 0 Å². The van der Waals surface area contributed by atoms with Gasteiger partial charge in [0.2, 0.25) is 11.8 Å².